The predicted molar refractivity (Wildman–Crippen MR) is 161 cm³/mol. The molecule has 5 fully saturated rings. The van der Waals surface area contributed by atoms with Crippen LogP contribution in [0.3, 0.4) is 0 Å². The van der Waals surface area contributed by atoms with E-state index >= 15 is 0 Å². The highest BCUT2D eigenvalue weighted by molar-refractivity contribution is 5.99. The smallest absolute Gasteiger partial charge is 0.320 e. The molecule has 1 spiro atoms. The zero-order valence-electron chi connectivity index (χ0n) is 25.4. The number of hydrogen-bond acceptors (Lipinski definition) is 6. The molecule has 9 heteroatoms. The normalized spacial score (nSPS) is 31.0. The molecule has 228 valence electrons. The van der Waals surface area contributed by atoms with Gasteiger partial charge in [0.2, 0.25) is 5.91 Å². The molecule has 3 heterocycles. The summed E-state index contributed by atoms with van der Waals surface area (Å²) in [5.74, 6) is 0.913. The minimum atomic E-state index is -0.127. The van der Waals surface area contributed by atoms with E-state index in [0.717, 1.165) is 70.5 Å². The third kappa shape index (κ3) is 5.29. The minimum Gasteiger partial charge on any atom is -0.411 e. The lowest BCUT2D eigenvalue weighted by Crippen LogP contribution is -2.52. The minimum absolute atomic E-state index is 0.0329. The van der Waals surface area contributed by atoms with E-state index in [4.69, 9.17) is 9.94 Å². The number of hydrogen-bond donors (Lipinski definition) is 2. The molecule has 2 N–H and O–H groups in total. The van der Waals surface area contributed by atoms with Gasteiger partial charge in [-0.2, -0.15) is 0 Å². The fourth-order valence-corrected chi connectivity index (χ4v) is 8.46. The van der Waals surface area contributed by atoms with Gasteiger partial charge in [-0.05, 0) is 64.4 Å². The summed E-state index contributed by atoms with van der Waals surface area (Å²) < 4.78 is 5.57. The third-order valence-electron chi connectivity index (χ3n) is 10.5. The van der Waals surface area contributed by atoms with Gasteiger partial charge in [0.05, 0.1) is 17.3 Å². The van der Waals surface area contributed by atoms with Crippen molar-refractivity contribution in [1.82, 2.24) is 20.0 Å². The van der Waals surface area contributed by atoms with E-state index in [-0.39, 0.29) is 35.5 Å². The molecule has 5 aliphatic rings. The number of allylic oxidation sites excluding steroid dienone is 1. The van der Waals surface area contributed by atoms with Crippen LogP contribution in [0.2, 0.25) is 0 Å². The molecule has 42 heavy (non-hydrogen) atoms. The van der Waals surface area contributed by atoms with E-state index < -0.39 is 0 Å². The summed E-state index contributed by atoms with van der Waals surface area (Å²) in [4.78, 5) is 33.7. The van der Waals surface area contributed by atoms with Gasteiger partial charge in [-0.15, -0.1) is 0 Å². The Labute approximate surface area is 249 Å². The Balaban J connectivity index is 1.14. The van der Waals surface area contributed by atoms with E-state index in [1.165, 1.54) is 5.70 Å². The first-order chi connectivity index (χ1) is 20.3. The maximum atomic E-state index is 13.8. The van der Waals surface area contributed by atoms with Gasteiger partial charge in [0, 0.05) is 75.3 Å². The molecule has 3 aliphatic heterocycles. The molecule has 4 atom stereocenters. The summed E-state index contributed by atoms with van der Waals surface area (Å²) >= 11 is 0. The van der Waals surface area contributed by atoms with Crippen LogP contribution in [0.4, 0.5) is 4.79 Å². The van der Waals surface area contributed by atoms with Crippen molar-refractivity contribution in [2.24, 2.45) is 22.9 Å². The molecule has 1 aromatic rings. The molecule has 0 aromatic heterocycles. The number of urea groups is 1. The Morgan fingerprint density at radius 1 is 1.19 bits per heavy atom. The second-order valence-corrected chi connectivity index (χ2v) is 13.4. The van der Waals surface area contributed by atoms with Crippen molar-refractivity contribution in [3.05, 3.63) is 47.7 Å². The van der Waals surface area contributed by atoms with E-state index in [2.05, 4.69) is 64.2 Å². The van der Waals surface area contributed by atoms with E-state index in [1.807, 2.05) is 18.2 Å². The standard InChI is InChI=1S/C33H47N5O4/c1-4-29-27-18-33(21-36(32(40)38(33)22(2)3)20-23-11-14-42-15-12-23)19-30(27)37(29)13-10-28(24-8-6-5-7-9-24)34-31(39)25-16-26(17-25)35-41/h4-9,22-23,25,27-28,30,41H,10-21H2,1-3H3,(H,34,39)/b29-4+,35-26?/t25?,27?,28-,30?,33?/m0/s1. The van der Waals surface area contributed by atoms with Crippen LogP contribution in [-0.4, -0.2) is 88.0 Å². The molecule has 0 radical (unpaired) electrons. The second-order valence-electron chi connectivity index (χ2n) is 13.4. The molecule has 2 saturated carbocycles. The van der Waals surface area contributed by atoms with Crippen LogP contribution < -0.4 is 5.32 Å². The van der Waals surface area contributed by atoms with Crippen LogP contribution in [0.1, 0.15) is 77.3 Å². The van der Waals surface area contributed by atoms with E-state index in [9.17, 15) is 9.59 Å². The summed E-state index contributed by atoms with van der Waals surface area (Å²) in [7, 11) is 0. The maximum Gasteiger partial charge on any atom is 0.320 e. The first kappa shape index (κ1) is 29.0. The molecule has 3 saturated heterocycles. The number of rotatable bonds is 9. The number of amides is 3. The van der Waals surface area contributed by atoms with Crippen LogP contribution >= 0.6 is 0 Å². The summed E-state index contributed by atoms with van der Waals surface area (Å²) in [6.45, 7) is 10.6. The van der Waals surface area contributed by atoms with Gasteiger partial charge in [-0.1, -0.05) is 41.6 Å². The lowest BCUT2D eigenvalue weighted by molar-refractivity contribution is -0.126. The number of likely N-dealkylation sites (tertiary alicyclic amines) is 1. The van der Waals surface area contributed by atoms with Crippen LogP contribution in [0.25, 0.3) is 0 Å². The van der Waals surface area contributed by atoms with Crippen molar-refractivity contribution in [3.8, 4) is 0 Å². The number of benzene rings is 1. The number of oxime groups is 1. The lowest BCUT2D eigenvalue weighted by atomic mass is 9.82. The second kappa shape index (κ2) is 11.9. The van der Waals surface area contributed by atoms with Crippen molar-refractivity contribution in [3.63, 3.8) is 0 Å². The topological polar surface area (TPSA) is 97.7 Å². The SMILES string of the molecule is C/C=C1\C2CC3(CC2N1CC[C@H](NC(=O)C1CC(=NO)C1)c1ccccc1)CN(CC1CCOCC1)C(=O)N3C(C)C. The number of nitrogens with one attached hydrogen (secondary N) is 1. The molecule has 0 bridgehead atoms. The van der Waals surface area contributed by atoms with Gasteiger partial charge in [0.1, 0.15) is 0 Å². The average molecular weight is 578 g/mol. The summed E-state index contributed by atoms with van der Waals surface area (Å²) in [5, 5.41) is 15.6. The Hall–Kier alpha value is -3.07. The van der Waals surface area contributed by atoms with Gasteiger partial charge in [-0.25, -0.2) is 4.79 Å². The number of ether oxygens (including phenoxy) is 1. The van der Waals surface area contributed by atoms with Crippen LogP contribution in [0.15, 0.2) is 47.3 Å². The number of carbonyl (C=O) groups excluding carboxylic acids is 2. The van der Waals surface area contributed by atoms with Crippen molar-refractivity contribution in [2.45, 2.75) is 89.4 Å². The average Bonchev–Trinajstić information content (AvgIpc) is 3.42. The van der Waals surface area contributed by atoms with Gasteiger partial charge in [0.15, 0.2) is 0 Å². The first-order valence-corrected chi connectivity index (χ1v) is 16.0. The van der Waals surface area contributed by atoms with Gasteiger partial charge in [-0.3, -0.25) is 4.79 Å². The lowest BCUT2D eigenvalue weighted by Gasteiger charge is -2.49. The van der Waals surface area contributed by atoms with Crippen molar-refractivity contribution < 1.29 is 19.5 Å². The Morgan fingerprint density at radius 3 is 2.60 bits per heavy atom. The third-order valence-corrected chi connectivity index (χ3v) is 10.5. The quantitative estimate of drug-likeness (QED) is 0.325. The fourth-order valence-electron chi connectivity index (χ4n) is 8.46. The Morgan fingerprint density at radius 2 is 1.93 bits per heavy atom. The van der Waals surface area contributed by atoms with Crippen LogP contribution in [0, 0.1) is 17.8 Å². The van der Waals surface area contributed by atoms with Gasteiger partial charge >= 0.3 is 6.03 Å². The molecule has 2 aliphatic carbocycles. The van der Waals surface area contributed by atoms with Crippen LogP contribution in [-0.2, 0) is 9.53 Å². The van der Waals surface area contributed by atoms with Gasteiger partial charge < -0.3 is 30.0 Å². The summed E-state index contributed by atoms with van der Waals surface area (Å²) in [6.07, 6.45) is 8.22. The number of nitrogens with zero attached hydrogens (tertiary/aromatic N) is 4. The number of fused-ring (bicyclic) bond motifs is 1. The highest BCUT2D eigenvalue weighted by Gasteiger charge is 2.62. The van der Waals surface area contributed by atoms with Crippen molar-refractivity contribution in [2.75, 3.05) is 32.8 Å². The van der Waals surface area contributed by atoms with Crippen LogP contribution in [0.5, 0.6) is 0 Å². The zero-order valence-corrected chi connectivity index (χ0v) is 25.4. The monoisotopic (exact) mass is 577 g/mol. The van der Waals surface area contributed by atoms with E-state index in [1.54, 1.807) is 0 Å². The zero-order chi connectivity index (χ0) is 29.4. The molecule has 3 unspecified atom stereocenters. The molecular weight excluding hydrogens is 530 g/mol. The highest BCUT2D eigenvalue weighted by Crippen LogP contribution is 2.55. The highest BCUT2D eigenvalue weighted by atomic mass is 16.5. The molecule has 9 nitrogen and oxygen atoms in total. The molecular formula is C33H47N5O4. The Bertz CT molecular complexity index is 1200. The molecule has 3 amide bonds. The summed E-state index contributed by atoms with van der Waals surface area (Å²) in [5.41, 5.74) is 3.06. The Kier molecular flexibility index (Phi) is 8.22. The van der Waals surface area contributed by atoms with Crippen molar-refractivity contribution in [1.29, 1.82) is 0 Å². The fraction of sp³-hybridized carbons (Fsp3) is 0.667. The molecule has 6 rings (SSSR count). The van der Waals surface area contributed by atoms with E-state index in [0.29, 0.717) is 36.4 Å². The largest absolute Gasteiger partial charge is 0.411 e. The number of carbonyl (C=O) groups is 2. The maximum absolute atomic E-state index is 13.8. The summed E-state index contributed by atoms with van der Waals surface area (Å²) in [6, 6.07) is 10.9. The molecule has 1 aromatic carbocycles. The first-order valence-electron chi connectivity index (χ1n) is 16.0. The predicted octanol–water partition coefficient (Wildman–Crippen LogP) is 4.78. The van der Waals surface area contributed by atoms with Gasteiger partial charge in [0.25, 0.3) is 0 Å². The van der Waals surface area contributed by atoms with Crippen molar-refractivity contribution >= 4 is 17.6 Å².